The maximum Gasteiger partial charge on any atom is 0.00388 e. The molecule has 4 heteroatoms. The molecule has 1 rings (SSSR count). The average Bonchev–Trinajstić information content (AvgIpc) is 2.06. The van der Waals surface area contributed by atoms with Crippen LogP contribution in [-0.4, -0.2) is 12.1 Å². The van der Waals surface area contributed by atoms with Gasteiger partial charge in [-0.3, -0.25) is 0 Å². The molecule has 0 aromatic heterocycles. The summed E-state index contributed by atoms with van der Waals surface area (Å²) >= 11 is 0. The normalized spacial score (nSPS) is 29.6. The highest BCUT2D eigenvalue weighted by molar-refractivity contribution is 5.85. The molecule has 0 aliphatic heterocycles. The van der Waals surface area contributed by atoms with Crippen LogP contribution >= 0.6 is 24.8 Å². The lowest BCUT2D eigenvalue weighted by atomic mass is 9.96. The van der Waals surface area contributed by atoms with E-state index in [0.29, 0.717) is 12.1 Å². The molecule has 1 fully saturated rings. The summed E-state index contributed by atoms with van der Waals surface area (Å²) in [5.41, 5.74) is 11.9. The van der Waals surface area contributed by atoms with Crippen molar-refractivity contribution in [2.75, 3.05) is 0 Å². The maximum absolute atomic E-state index is 5.93. The number of rotatable bonds is 0. The van der Waals surface area contributed by atoms with Crippen LogP contribution in [-0.2, 0) is 0 Å². The SMILES string of the molecule is Cl.Cl.NC1CCCCC(N)CCCC1. The minimum Gasteiger partial charge on any atom is -0.328 e. The molecule has 0 atom stereocenters. The number of nitrogens with two attached hydrogens (primary N) is 2. The summed E-state index contributed by atoms with van der Waals surface area (Å²) in [7, 11) is 0. The zero-order chi connectivity index (χ0) is 8.81. The largest absolute Gasteiger partial charge is 0.328 e. The van der Waals surface area contributed by atoms with Gasteiger partial charge >= 0.3 is 0 Å². The third kappa shape index (κ3) is 7.86. The molecule has 0 saturated heterocycles. The Morgan fingerprint density at radius 2 is 0.786 bits per heavy atom. The average molecular weight is 243 g/mol. The van der Waals surface area contributed by atoms with Crippen LogP contribution in [0.4, 0.5) is 0 Å². The van der Waals surface area contributed by atoms with Crippen LogP contribution in [0.2, 0.25) is 0 Å². The summed E-state index contributed by atoms with van der Waals surface area (Å²) in [6.45, 7) is 0. The molecule has 0 heterocycles. The van der Waals surface area contributed by atoms with E-state index < -0.39 is 0 Å². The van der Waals surface area contributed by atoms with Crippen molar-refractivity contribution in [2.24, 2.45) is 11.5 Å². The van der Waals surface area contributed by atoms with E-state index in [9.17, 15) is 0 Å². The quantitative estimate of drug-likeness (QED) is 0.687. The number of hydrogen-bond acceptors (Lipinski definition) is 2. The topological polar surface area (TPSA) is 52.0 Å². The summed E-state index contributed by atoms with van der Waals surface area (Å²) in [6, 6.07) is 0.915. The molecule has 2 nitrogen and oxygen atoms in total. The second kappa shape index (κ2) is 10.0. The number of halogens is 2. The first-order chi connectivity index (χ1) is 5.79. The van der Waals surface area contributed by atoms with Crippen LogP contribution in [0.3, 0.4) is 0 Å². The third-order valence-corrected chi connectivity index (χ3v) is 2.80. The van der Waals surface area contributed by atoms with Gasteiger partial charge in [-0.2, -0.15) is 0 Å². The van der Waals surface area contributed by atoms with Crippen LogP contribution in [0, 0.1) is 0 Å². The van der Waals surface area contributed by atoms with E-state index in [-0.39, 0.29) is 24.8 Å². The zero-order valence-electron chi connectivity index (χ0n) is 8.78. The van der Waals surface area contributed by atoms with Crippen molar-refractivity contribution in [2.45, 2.75) is 63.5 Å². The summed E-state index contributed by atoms with van der Waals surface area (Å²) in [5, 5.41) is 0. The number of hydrogen-bond donors (Lipinski definition) is 2. The minimum absolute atomic E-state index is 0. The van der Waals surface area contributed by atoms with E-state index in [1.165, 1.54) is 51.4 Å². The van der Waals surface area contributed by atoms with Gasteiger partial charge in [-0.15, -0.1) is 24.8 Å². The van der Waals surface area contributed by atoms with Gasteiger partial charge in [0.05, 0.1) is 0 Å². The summed E-state index contributed by atoms with van der Waals surface area (Å²) in [6.07, 6.45) is 9.90. The van der Waals surface area contributed by atoms with E-state index in [4.69, 9.17) is 11.5 Å². The monoisotopic (exact) mass is 242 g/mol. The van der Waals surface area contributed by atoms with Crippen LogP contribution in [0.5, 0.6) is 0 Å². The minimum atomic E-state index is 0. The van der Waals surface area contributed by atoms with Crippen molar-refractivity contribution < 1.29 is 0 Å². The maximum atomic E-state index is 5.93. The predicted octanol–water partition coefficient (Wildman–Crippen LogP) is 2.62. The molecule has 14 heavy (non-hydrogen) atoms. The van der Waals surface area contributed by atoms with Crippen LogP contribution < -0.4 is 11.5 Å². The standard InChI is InChI=1S/C10H22N2.2ClH/c11-9-5-1-2-6-10(12)8-4-3-7-9;;/h9-10H,1-8,11-12H2;2*1H. The lowest BCUT2D eigenvalue weighted by Crippen LogP contribution is -2.23. The van der Waals surface area contributed by atoms with E-state index in [0.717, 1.165) is 0 Å². The second-order valence-corrected chi connectivity index (χ2v) is 4.09. The van der Waals surface area contributed by atoms with Crippen molar-refractivity contribution in [1.82, 2.24) is 0 Å². The summed E-state index contributed by atoms with van der Waals surface area (Å²) in [4.78, 5) is 0. The molecule has 4 N–H and O–H groups in total. The van der Waals surface area contributed by atoms with Gasteiger partial charge in [-0.05, 0) is 25.7 Å². The predicted molar refractivity (Wildman–Crippen MR) is 67.4 cm³/mol. The molecule has 88 valence electrons. The van der Waals surface area contributed by atoms with Crippen molar-refractivity contribution in [1.29, 1.82) is 0 Å². The van der Waals surface area contributed by atoms with Crippen molar-refractivity contribution in [3.63, 3.8) is 0 Å². The zero-order valence-corrected chi connectivity index (χ0v) is 10.4. The van der Waals surface area contributed by atoms with Gasteiger partial charge < -0.3 is 11.5 Å². The van der Waals surface area contributed by atoms with Crippen molar-refractivity contribution >= 4 is 24.8 Å². The molecule has 1 aliphatic rings. The van der Waals surface area contributed by atoms with Gasteiger partial charge in [0.2, 0.25) is 0 Å². The lowest BCUT2D eigenvalue weighted by molar-refractivity contribution is 0.432. The Bertz CT molecular complexity index is 96.7. The molecular weight excluding hydrogens is 219 g/mol. The highest BCUT2D eigenvalue weighted by atomic mass is 35.5. The van der Waals surface area contributed by atoms with Gasteiger partial charge in [0, 0.05) is 12.1 Å². The van der Waals surface area contributed by atoms with E-state index in [2.05, 4.69) is 0 Å². The smallest absolute Gasteiger partial charge is 0.00388 e. The fourth-order valence-corrected chi connectivity index (χ4v) is 1.91. The van der Waals surface area contributed by atoms with Gasteiger partial charge in [0.25, 0.3) is 0 Å². The molecule has 0 aromatic carbocycles. The van der Waals surface area contributed by atoms with Gasteiger partial charge in [0.1, 0.15) is 0 Å². The van der Waals surface area contributed by atoms with Gasteiger partial charge in [-0.25, -0.2) is 0 Å². The Kier molecular flexibility index (Phi) is 12.1. The van der Waals surface area contributed by atoms with Crippen LogP contribution in [0.1, 0.15) is 51.4 Å². The first-order valence-corrected chi connectivity index (χ1v) is 5.30. The Balaban J connectivity index is 0. The van der Waals surface area contributed by atoms with E-state index >= 15 is 0 Å². The summed E-state index contributed by atoms with van der Waals surface area (Å²) < 4.78 is 0. The first-order valence-electron chi connectivity index (χ1n) is 5.30. The Hall–Kier alpha value is 0.500. The molecule has 0 bridgehead atoms. The van der Waals surface area contributed by atoms with Crippen LogP contribution in [0.15, 0.2) is 0 Å². The molecule has 1 aliphatic carbocycles. The molecule has 0 amide bonds. The van der Waals surface area contributed by atoms with Crippen molar-refractivity contribution in [3.05, 3.63) is 0 Å². The Morgan fingerprint density at radius 3 is 1.00 bits per heavy atom. The molecule has 0 spiro atoms. The second-order valence-electron chi connectivity index (χ2n) is 4.09. The molecule has 0 radical (unpaired) electrons. The fraction of sp³-hybridized carbons (Fsp3) is 1.00. The summed E-state index contributed by atoms with van der Waals surface area (Å²) in [5.74, 6) is 0. The fourth-order valence-electron chi connectivity index (χ4n) is 1.91. The molecule has 1 saturated carbocycles. The van der Waals surface area contributed by atoms with E-state index in [1.54, 1.807) is 0 Å². The first kappa shape index (κ1) is 16.9. The van der Waals surface area contributed by atoms with Crippen molar-refractivity contribution in [3.8, 4) is 0 Å². The lowest BCUT2D eigenvalue weighted by Gasteiger charge is -2.16. The molecule has 0 aromatic rings. The Morgan fingerprint density at radius 1 is 0.571 bits per heavy atom. The van der Waals surface area contributed by atoms with E-state index in [1.807, 2.05) is 0 Å². The molecule has 0 unspecified atom stereocenters. The van der Waals surface area contributed by atoms with Gasteiger partial charge in [0.15, 0.2) is 0 Å². The highest BCUT2D eigenvalue weighted by Crippen LogP contribution is 2.15. The Labute approximate surface area is 100 Å². The van der Waals surface area contributed by atoms with Crippen LogP contribution in [0.25, 0.3) is 0 Å². The van der Waals surface area contributed by atoms with Gasteiger partial charge in [-0.1, -0.05) is 25.7 Å². The third-order valence-electron chi connectivity index (χ3n) is 2.80. The highest BCUT2D eigenvalue weighted by Gasteiger charge is 2.08. The molecular formula is C10H24Cl2N2.